The SMILES string of the molecule is c1cnc(-c2ccncn2)cc#1. The van der Waals surface area contributed by atoms with Crippen molar-refractivity contribution in [3.05, 3.63) is 43.0 Å². The van der Waals surface area contributed by atoms with E-state index in [1.807, 2.05) is 0 Å². The number of hydrogen-bond acceptors (Lipinski definition) is 3. The van der Waals surface area contributed by atoms with Crippen molar-refractivity contribution in [1.29, 1.82) is 0 Å². The molecule has 0 bridgehead atoms. The molecule has 0 unspecified atom stereocenters. The Labute approximate surface area is 70.1 Å². The first-order chi connectivity index (χ1) is 5.97. The summed E-state index contributed by atoms with van der Waals surface area (Å²) in [6, 6.07) is 9.07. The molecule has 0 saturated carbocycles. The average Bonchev–Trinajstić information content (AvgIpc) is 2.21. The van der Waals surface area contributed by atoms with E-state index in [9.17, 15) is 0 Å². The first-order valence-electron chi connectivity index (χ1n) is 3.47. The van der Waals surface area contributed by atoms with E-state index in [4.69, 9.17) is 0 Å². The predicted molar refractivity (Wildman–Crippen MR) is 42.9 cm³/mol. The van der Waals surface area contributed by atoms with Gasteiger partial charge in [0.1, 0.15) is 6.33 Å². The third-order valence-electron chi connectivity index (χ3n) is 1.40. The zero-order valence-electron chi connectivity index (χ0n) is 6.23. The molecular weight excluding hydrogens is 150 g/mol. The van der Waals surface area contributed by atoms with Crippen molar-refractivity contribution in [3.8, 4) is 11.4 Å². The maximum absolute atomic E-state index is 4.07. The predicted octanol–water partition coefficient (Wildman–Crippen LogP) is 1.14. The molecule has 0 saturated heterocycles. The molecule has 56 valence electrons. The normalized spacial score (nSPS) is 9.00. The summed E-state index contributed by atoms with van der Waals surface area (Å²) in [5.74, 6) is 0. The van der Waals surface area contributed by atoms with Crippen molar-refractivity contribution in [3.63, 3.8) is 0 Å². The molecule has 12 heavy (non-hydrogen) atoms. The van der Waals surface area contributed by atoms with Crippen LogP contribution in [0.5, 0.6) is 0 Å². The molecule has 3 heteroatoms. The van der Waals surface area contributed by atoms with Crippen LogP contribution in [0.3, 0.4) is 0 Å². The third kappa shape index (κ3) is 1.23. The van der Waals surface area contributed by atoms with Gasteiger partial charge in [0.15, 0.2) is 0 Å². The minimum atomic E-state index is 0.788. The highest BCUT2D eigenvalue weighted by Gasteiger charge is 1.95. The van der Waals surface area contributed by atoms with Crippen molar-refractivity contribution in [2.45, 2.75) is 0 Å². The number of hydrogen-bond donors (Lipinski definition) is 0. The van der Waals surface area contributed by atoms with E-state index in [1.54, 1.807) is 24.5 Å². The van der Waals surface area contributed by atoms with Crippen LogP contribution in [-0.2, 0) is 0 Å². The van der Waals surface area contributed by atoms with Crippen molar-refractivity contribution in [2.75, 3.05) is 0 Å². The molecule has 3 nitrogen and oxygen atoms in total. The van der Waals surface area contributed by atoms with Crippen molar-refractivity contribution < 1.29 is 0 Å². The Morgan fingerprint density at radius 1 is 1.08 bits per heavy atom. The van der Waals surface area contributed by atoms with Crippen molar-refractivity contribution in [2.24, 2.45) is 0 Å². The third-order valence-corrected chi connectivity index (χ3v) is 1.40. The van der Waals surface area contributed by atoms with E-state index >= 15 is 0 Å². The fourth-order valence-electron chi connectivity index (χ4n) is 0.869. The second-order valence-corrected chi connectivity index (χ2v) is 2.17. The molecule has 0 fully saturated rings. The van der Waals surface area contributed by atoms with Crippen LogP contribution in [0.2, 0.25) is 0 Å². The van der Waals surface area contributed by atoms with Gasteiger partial charge in [-0.05, 0) is 12.1 Å². The van der Waals surface area contributed by atoms with Gasteiger partial charge in [-0.2, -0.15) is 0 Å². The minimum absolute atomic E-state index is 0.788. The summed E-state index contributed by atoms with van der Waals surface area (Å²) in [4.78, 5) is 11.9. The molecule has 2 aromatic rings. The molecule has 0 spiro atoms. The largest absolute Gasteiger partial charge is 0.245 e. The Kier molecular flexibility index (Phi) is 1.67. The molecular formula is C9H5N3. The van der Waals surface area contributed by atoms with Gasteiger partial charge < -0.3 is 0 Å². The van der Waals surface area contributed by atoms with E-state index < -0.39 is 0 Å². The molecule has 0 amide bonds. The molecule has 0 aromatic carbocycles. The molecule has 2 heterocycles. The van der Waals surface area contributed by atoms with Crippen LogP contribution in [0, 0.1) is 12.1 Å². The van der Waals surface area contributed by atoms with Gasteiger partial charge in [-0.25, -0.2) is 15.0 Å². The molecule has 2 rings (SSSR count). The van der Waals surface area contributed by atoms with Gasteiger partial charge in [0.2, 0.25) is 0 Å². The van der Waals surface area contributed by atoms with Crippen LogP contribution < -0.4 is 0 Å². The lowest BCUT2D eigenvalue weighted by Crippen LogP contribution is -1.85. The number of rotatable bonds is 1. The van der Waals surface area contributed by atoms with Crippen LogP contribution in [0.4, 0.5) is 0 Å². The van der Waals surface area contributed by atoms with Gasteiger partial charge in [0.25, 0.3) is 0 Å². The average molecular weight is 155 g/mol. The summed E-state index contributed by atoms with van der Waals surface area (Å²) in [6.45, 7) is 0. The summed E-state index contributed by atoms with van der Waals surface area (Å²) in [6.07, 6.45) is 4.74. The maximum atomic E-state index is 4.07. The van der Waals surface area contributed by atoms with E-state index in [1.165, 1.54) is 6.33 Å². The Bertz CT molecular complexity index is 307. The summed E-state index contributed by atoms with van der Waals surface area (Å²) in [5, 5.41) is 0. The number of aromatic nitrogens is 3. The van der Waals surface area contributed by atoms with Gasteiger partial charge in [-0.1, -0.05) is 6.07 Å². The van der Waals surface area contributed by atoms with Crippen LogP contribution in [-0.4, -0.2) is 15.0 Å². The van der Waals surface area contributed by atoms with Crippen LogP contribution in [0.1, 0.15) is 0 Å². The van der Waals surface area contributed by atoms with E-state index in [0.717, 1.165) is 11.4 Å². The van der Waals surface area contributed by atoms with Gasteiger partial charge >= 0.3 is 0 Å². The molecule has 0 atom stereocenters. The van der Waals surface area contributed by atoms with Gasteiger partial charge in [0, 0.05) is 12.3 Å². The molecule has 0 aliphatic carbocycles. The Morgan fingerprint density at radius 3 is 2.75 bits per heavy atom. The topological polar surface area (TPSA) is 38.7 Å². The van der Waals surface area contributed by atoms with Crippen LogP contribution in [0.15, 0.2) is 30.9 Å². The molecule has 0 aliphatic heterocycles. The lowest BCUT2D eigenvalue weighted by molar-refractivity contribution is 1.15. The second-order valence-electron chi connectivity index (χ2n) is 2.17. The summed E-state index contributed by atoms with van der Waals surface area (Å²) < 4.78 is 0. The Hall–Kier alpha value is -1.95. The maximum Gasteiger partial charge on any atom is 0.116 e. The quantitative estimate of drug-likeness (QED) is 0.619. The molecule has 0 aliphatic rings. The lowest BCUT2D eigenvalue weighted by atomic mass is 10.3. The lowest BCUT2D eigenvalue weighted by Gasteiger charge is -1.93. The molecule has 0 N–H and O–H groups in total. The highest BCUT2D eigenvalue weighted by molar-refractivity contribution is 5.51. The van der Waals surface area contributed by atoms with Crippen molar-refractivity contribution >= 4 is 0 Å². The fourth-order valence-corrected chi connectivity index (χ4v) is 0.869. The highest BCUT2D eigenvalue weighted by atomic mass is 14.8. The van der Waals surface area contributed by atoms with Crippen LogP contribution in [0.25, 0.3) is 11.4 Å². The monoisotopic (exact) mass is 155 g/mol. The zero-order chi connectivity index (χ0) is 8.23. The van der Waals surface area contributed by atoms with Gasteiger partial charge in [-0.15, -0.1) is 0 Å². The first-order valence-corrected chi connectivity index (χ1v) is 3.47. The van der Waals surface area contributed by atoms with Crippen LogP contribution >= 0.6 is 0 Å². The number of nitrogens with zero attached hydrogens (tertiary/aromatic N) is 3. The summed E-state index contributed by atoms with van der Waals surface area (Å²) in [5.41, 5.74) is 1.59. The minimum Gasteiger partial charge on any atom is -0.245 e. The standard InChI is InChI=1S/C9H5N3/c1-2-5-11-8(3-1)9-4-6-10-7-12-9/h3-7H. The Balaban J connectivity index is 2.46. The summed E-state index contributed by atoms with van der Waals surface area (Å²) in [7, 11) is 0. The van der Waals surface area contributed by atoms with E-state index in [0.29, 0.717) is 0 Å². The van der Waals surface area contributed by atoms with Gasteiger partial charge in [-0.3, -0.25) is 0 Å². The smallest absolute Gasteiger partial charge is 0.116 e. The Morgan fingerprint density at radius 2 is 2.08 bits per heavy atom. The second kappa shape index (κ2) is 2.97. The molecule has 0 radical (unpaired) electrons. The fraction of sp³-hybridized carbons (Fsp3) is 0. The van der Waals surface area contributed by atoms with E-state index in [2.05, 4.69) is 27.1 Å². The molecule has 2 aromatic heterocycles. The zero-order valence-corrected chi connectivity index (χ0v) is 6.23. The highest BCUT2D eigenvalue weighted by Crippen LogP contribution is 2.08. The van der Waals surface area contributed by atoms with Crippen molar-refractivity contribution in [1.82, 2.24) is 15.0 Å². The van der Waals surface area contributed by atoms with Gasteiger partial charge in [0.05, 0.1) is 17.6 Å². The summed E-state index contributed by atoms with van der Waals surface area (Å²) >= 11 is 0. The van der Waals surface area contributed by atoms with E-state index in [-0.39, 0.29) is 0 Å². The first kappa shape index (κ1) is 6.74.